The Balaban J connectivity index is 1.67. The quantitative estimate of drug-likeness (QED) is 0.703. The maximum absolute atomic E-state index is 13.0. The van der Waals surface area contributed by atoms with Gasteiger partial charge in [0.15, 0.2) is 0 Å². The number of methoxy groups -OCH3 is 1. The Hall–Kier alpha value is -2.91. The number of rotatable bonds is 7. The minimum Gasteiger partial charge on any atom is -0.497 e. The summed E-state index contributed by atoms with van der Waals surface area (Å²) in [4.78, 5) is 26.0. The summed E-state index contributed by atoms with van der Waals surface area (Å²) in [5.74, 6) is 0.193. The number of hydrogen-bond acceptors (Lipinski definition) is 5. The molecule has 0 radical (unpaired) electrons. The lowest BCUT2D eigenvalue weighted by Gasteiger charge is -2.21. The lowest BCUT2D eigenvalue weighted by Crippen LogP contribution is -2.38. The highest BCUT2D eigenvalue weighted by molar-refractivity contribution is 7.89. The van der Waals surface area contributed by atoms with Crippen molar-refractivity contribution in [2.24, 2.45) is 0 Å². The molecule has 2 amide bonds. The van der Waals surface area contributed by atoms with Crippen molar-refractivity contribution in [2.45, 2.75) is 37.8 Å². The van der Waals surface area contributed by atoms with Crippen LogP contribution in [-0.2, 0) is 32.6 Å². The SMILES string of the molecule is COc1cccc(CNC(=O)CN(C)S(=O)(=O)c2ccc3c(c2)CC(C)N3C(C)=O)c1. The van der Waals surface area contributed by atoms with Crippen LogP contribution >= 0.6 is 0 Å². The van der Waals surface area contributed by atoms with Crippen molar-refractivity contribution in [2.75, 3.05) is 25.6 Å². The van der Waals surface area contributed by atoms with Gasteiger partial charge in [-0.3, -0.25) is 9.59 Å². The topological polar surface area (TPSA) is 96.0 Å². The second-order valence-electron chi connectivity index (χ2n) is 7.62. The lowest BCUT2D eigenvalue weighted by molar-refractivity contribution is -0.121. The molecule has 1 aliphatic heterocycles. The van der Waals surface area contributed by atoms with E-state index >= 15 is 0 Å². The molecule has 166 valence electrons. The van der Waals surface area contributed by atoms with Crippen molar-refractivity contribution < 1.29 is 22.7 Å². The largest absolute Gasteiger partial charge is 0.497 e. The maximum Gasteiger partial charge on any atom is 0.243 e. The highest BCUT2D eigenvalue weighted by Crippen LogP contribution is 2.34. The molecule has 2 aromatic rings. The third-order valence-electron chi connectivity index (χ3n) is 5.30. The first kappa shape index (κ1) is 22.8. The van der Waals surface area contributed by atoms with Crippen LogP contribution in [0.2, 0.25) is 0 Å². The Kier molecular flexibility index (Phi) is 6.66. The van der Waals surface area contributed by atoms with Crippen LogP contribution in [0.25, 0.3) is 0 Å². The molecule has 8 nitrogen and oxygen atoms in total. The molecule has 9 heteroatoms. The molecule has 2 aromatic carbocycles. The molecule has 1 heterocycles. The van der Waals surface area contributed by atoms with E-state index in [0.717, 1.165) is 21.1 Å². The second-order valence-corrected chi connectivity index (χ2v) is 9.67. The Morgan fingerprint density at radius 3 is 2.65 bits per heavy atom. The summed E-state index contributed by atoms with van der Waals surface area (Å²) >= 11 is 0. The van der Waals surface area contributed by atoms with E-state index in [1.54, 1.807) is 36.3 Å². The van der Waals surface area contributed by atoms with Crippen molar-refractivity contribution >= 4 is 27.5 Å². The molecule has 0 aliphatic carbocycles. The van der Waals surface area contributed by atoms with Crippen molar-refractivity contribution in [1.82, 2.24) is 9.62 Å². The zero-order chi connectivity index (χ0) is 22.8. The van der Waals surface area contributed by atoms with Gasteiger partial charge in [0.1, 0.15) is 5.75 Å². The van der Waals surface area contributed by atoms with Crippen LogP contribution in [-0.4, -0.2) is 51.3 Å². The predicted molar refractivity (Wildman–Crippen MR) is 117 cm³/mol. The monoisotopic (exact) mass is 445 g/mol. The van der Waals surface area contributed by atoms with E-state index in [4.69, 9.17) is 4.74 Å². The van der Waals surface area contributed by atoms with Crippen molar-refractivity contribution in [3.8, 4) is 5.75 Å². The van der Waals surface area contributed by atoms with Crippen LogP contribution in [0.3, 0.4) is 0 Å². The van der Waals surface area contributed by atoms with E-state index in [1.165, 1.54) is 20.0 Å². The molecule has 1 aliphatic rings. The molecule has 1 unspecified atom stereocenters. The van der Waals surface area contributed by atoms with E-state index in [1.807, 2.05) is 19.1 Å². The number of fused-ring (bicyclic) bond motifs is 1. The molecule has 0 saturated heterocycles. The number of anilines is 1. The number of benzene rings is 2. The summed E-state index contributed by atoms with van der Waals surface area (Å²) in [6.07, 6.45) is 0.586. The third kappa shape index (κ3) is 4.88. The van der Waals surface area contributed by atoms with Gasteiger partial charge in [-0.2, -0.15) is 4.31 Å². The molecule has 0 aromatic heterocycles. The number of nitrogens with one attached hydrogen (secondary N) is 1. The number of hydrogen-bond donors (Lipinski definition) is 1. The van der Waals surface area contributed by atoms with Gasteiger partial charge in [0.25, 0.3) is 0 Å². The van der Waals surface area contributed by atoms with Gasteiger partial charge >= 0.3 is 0 Å². The number of sulfonamides is 1. The summed E-state index contributed by atoms with van der Waals surface area (Å²) < 4.78 is 32.1. The molecular formula is C22H27N3O5S. The fourth-order valence-electron chi connectivity index (χ4n) is 3.75. The number of carbonyl (C=O) groups is 2. The summed E-state index contributed by atoms with van der Waals surface area (Å²) in [6, 6.07) is 12.0. The predicted octanol–water partition coefficient (Wildman–Crippen LogP) is 1.93. The lowest BCUT2D eigenvalue weighted by atomic mass is 10.1. The average molecular weight is 446 g/mol. The van der Waals surface area contributed by atoms with Crippen LogP contribution in [0, 0.1) is 0 Å². The Morgan fingerprint density at radius 1 is 1.23 bits per heavy atom. The summed E-state index contributed by atoms with van der Waals surface area (Å²) in [5, 5.41) is 2.73. The molecule has 0 bridgehead atoms. The van der Waals surface area contributed by atoms with Gasteiger partial charge in [-0.05, 0) is 54.8 Å². The number of nitrogens with zero attached hydrogens (tertiary/aromatic N) is 2. The Bertz CT molecular complexity index is 1100. The van der Waals surface area contributed by atoms with E-state index < -0.39 is 15.9 Å². The minimum atomic E-state index is -3.86. The molecule has 1 N–H and O–H groups in total. The summed E-state index contributed by atoms with van der Waals surface area (Å²) in [5.41, 5.74) is 2.39. The van der Waals surface area contributed by atoms with E-state index in [2.05, 4.69) is 5.32 Å². The van der Waals surface area contributed by atoms with Crippen molar-refractivity contribution in [1.29, 1.82) is 0 Å². The molecule has 0 saturated carbocycles. The average Bonchev–Trinajstić information content (AvgIpc) is 3.07. The number of carbonyl (C=O) groups excluding carboxylic acids is 2. The second kappa shape index (κ2) is 9.07. The maximum atomic E-state index is 13.0. The smallest absolute Gasteiger partial charge is 0.243 e. The molecule has 0 fully saturated rings. The van der Waals surface area contributed by atoms with Crippen LogP contribution < -0.4 is 15.0 Å². The first-order chi connectivity index (χ1) is 14.6. The van der Waals surface area contributed by atoms with Crippen molar-refractivity contribution in [3.63, 3.8) is 0 Å². The van der Waals surface area contributed by atoms with E-state index in [0.29, 0.717) is 12.2 Å². The van der Waals surface area contributed by atoms with E-state index in [-0.39, 0.29) is 29.9 Å². The van der Waals surface area contributed by atoms with Gasteiger partial charge in [-0.25, -0.2) is 8.42 Å². The first-order valence-corrected chi connectivity index (χ1v) is 11.4. The van der Waals surface area contributed by atoms with Crippen LogP contribution in [0.15, 0.2) is 47.4 Å². The van der Waals surface area contributed by atoms with Crippen LogP contribution in [0.4, 0.5) is 5.69 Å². The fourth-order valence-corrected chi connectivity index (χ4v) is 4.93. The van der Waals surface area contributed by atoms with Gasteiger partial charge in [0.2, 0.25) is 21.8 Å². The summed E-state index contributed by atoms with van der Waals surface area (Å²) in [6.45, 7) is 3.38. The number of ether oxygens (including phenoxy) is 1. The fraction of sp³-hybridized carbons (Fsp3) is 0.364. The summed E-state index contributed by atoms with van der Waals surface area (Å²) in [7, 11) is -0.918. The highest BCUT2D eigenvalue weighted by atomic mass is 32.2. The highest BCUT2D eigenvalue weighted by Gasteiger charge is 2.31. The first-order valence-electron chi connectivity index (χ1n) is 9.92. The molecule has 0 spiro atoms. The van der Waals surface area contributed by atoms with Gasteiger partial charge < -0.3 is 15.0 Å². The Morgan fingerprint density at radius 2 is 1.97 bits per heavy atom. The molecule has 3 rings (SSSR count). The zero-order valence-corrected chi connectivity index (χ0v) is 18.9. The Labute approximate surface area is 182 Å². The third-order valence-corrected chi connectivity index (χ3v) is 7.10. The van der Waals surface area contributed by atoms with Crippen LogP contribution in [0.5, 0.6) is 5.75 Å². The van der Waals surface area contributed by atoms with Gasteiger partial charge in [-0.15, -0.1) is 0 Å². The van der Waals surface area contributed by atoms with Gasteiger partial charge in [0.05, 0.1) is 18.6 Å². The molecular weight excluding hydrogens is 418 g/mol. The molecule has 1 atom stereocenters. The minimum absolute atomic E-state index is 0.0226. The van der Waals surface area contributed by atoms with E-state index in [9.17, 15) is 18.0 Å². The van der Waals surface area contributed by atoms with Gasteiger partial charge in [-0.1, -0.05) is 12.1 Å². The van der Waals surface area contributed by atoms with Crippen LogP contribution in [0.1, 0.15) is 25.0 Å². The van der Waals surface area contributed by atoms with Gasteiger partial charge in [0, 0.05) is 32.2 Å². The molecule has 31 heavy (non-hydrogen) atoms. The number of likely N-dealkylation sites (N-methyl/N-ethyl adjacent to an activating group) is 1. The van der Waals surface area contributed by atoms with Crippen molar-refractivity contribution in [3.05, 3.63) is 53.6 Å². The zero-order valence-electron chi connectivity index (χ0n) is 18.1. The standard InChI is InChI=1S/C22H27N3O5S/c1-15-10-18-12-20(8-9-21(18)25(15)16(2)26)31(28,29)24(3)14-22(27)23-13-17-6-5-7-19(11-17)30-4/h5-9,11-12,15H,10,13-14H2,1-4H3,(H,23,27). The normalized spacial score (nSPS) is 15.6. The number of amides is 2.